The number of hydrogen-bond donors (Lipinski definition) is 2. The van der Waals surface area contributed by atoms with E-state index in [9.17, 15) is 5.11 Å². The van der Waals surface area contributed by atoms with Gasteiger partial charge in [0.25, 0.3) is 0 Å². The molecule has 3 N–H and O–H groups in total. The van der Waals surface area contributed by atoms with Crippen molar-refractivity contribution in [3.8, 4) is 0 Å². The lowest BCUT2D eigenvalue weighted by Crippen LogP contribution is -2.25. The smallest absolute Gasteiger partial charge is 0.0552 e. The van der Waals surface area contributed by atoms with Gasteiger partial charge in [0, 0.05) is 0 Å². The van der Waals surface area contributed by atoms with Crippen LogP contribution in [0.4, 0.5) is 0 Å². The van der Waals surface area contributed by atoms with Gasteiger partial charge in [0.15, 0.2) is 0 Å². The topological polar surface area (TPSA) is 46.2 Å². The van der Waals surface area contributed by atoms with Crippen LogP contribution in [0.15, 0.2) is 0 Å². The van der Waals surface area contributed by atoms with Crippen LogP contribution in [0.3, 0.4) is 0 Å². The highest BCUT2D eigenvalue weighted by molar-refractivity contribution is 4.65. The lowest BCUT2D eigenvalue weighted by molar-refractivity contribution is 0.122. The third-order valence-corrected chi connectivity index (χ3v) is 4.91. The van der Waals surface area contributed by atoms with Crippen molar-refractivity contribution in [2.75, 3.05) is 6.54 Å². The van der Waals surface area contributed by atoms with E-state index in [1.54, 1.807) is 0 Å². The number of aliphatic hydroxyl groups excluding tert-OH is 1. The van der Waals surface area contributed by atoms with E-state index in [1.165, 1.54) is 89.9 Å². The Balaban J connectivity index is 3.11. The number of hydrogen-bond acceptors (Lipinski definition) is 2. The van der Waals surface area contributed by atoms with E-state index in [-0.39, 0.29) is 6.10 Å². The van der Waals surface area contributed by atoms with Gasteiger partial charge in [-0.25, -0.2) is 0 Å². The highest BCUT2D eigenvalue weighted by Gasteiger charge is 2.11. The van der Waals surface area contributed by atoms with E-state index in [2.05, 4.69) is 6.92 Å². The molecule has 2 atom stereocenters. The molecule has 22 heavy (non-hydrogen) atoms. The summed E-state index contributed by atoms with van der Waals surface area (Å²) in [4.78, 5) is 0. The standard InChI is InChI=1S/C20H43NO/c1-3-4-5-6-7-8-9-10-11-12-13-14-15-16-17-20(18-21)19(2)22/h19-20,22H,3-18,21H2,1-2H3. The quantitative estimate of drug-likeness (QED) is 0.333. The Hall–Kier alpha value is -0.0800. The Morgan fingerprint density at radius 3 is 1.36 bits per heavy atom. The van der Waals surface area contributed by atoms with Gasteiger partial charge in [-0.15, -0.1) is 0 Å². The van der Waals surface area contributed by atoms with Crippen LogP contribution in [-0.2, 0) is 0 Å². The molecule has 0 fully saturated rings. The molecule has 0 aliphatic heterocycles. The van der Waals surface area contributed by atoms with Crippen molar-refractivity contribution in [1.29, 1.82) is 0 Å². The second-order valence-corrected chi connectivity index (χ2v) is 7.12. The summed E-state index contributed by atoms with van der Waals surface area (Å²) in [6.07, 6.45) is 20.4. The van der Waals surface area contributed by atoms with Crippen LogP contribution in [0, 0.1) is 5.92 Å². The van der Waals surface area contributed by atoms with Crippen LogP contribution in [0.25, 0.3) is 0 Å². The molecule has 0 aromatic carbocycles. The lowest BCUT2D eigenvalue weighted by atomic mass is 9.96. The second kappa shape index (κ2) is 17.3. The summed E-state index contributed by atoms with van der Waals surface area (Å²) >= 11 is 0. The van der Waals surface area contributed by atoms with E-state index in [0.717, 1.165) is 6.42 Å². The van der Waals surface area contributed by atoms with Crippen molar-refractivity contribution in [1.82, 2.24) is 0 Å². The maximum atomic E-state index is 9.54. The summed E-state index contributed by atoms with van der Waals surface area (Å²) in [7, 11) is 0. The fourth-order valence-corrected chi connectivity index (χ4v) is 3.16. The van der Waals surface area contributed by atoms with Crippen molar-refractivity contribution in [2.45, 2.75) is 116 Å². The molecule has 0 spiro atoms. The molecule has 0 amide bonds. The van der Waals surface area contributed by atoms with Crippen LogP contribution in [0.5, 0.6) is 0 Å². The Bertz CT molecular complexity index is 206. The zero-order chi connectivity index (χ0) is 16.5. The molecule has 134 valence electrons. The predicted octanol–water partition coefficient (Wildman–Crippen LogP) is 5.81. The third kappa shape index (κ3) is 14.8. The first-order chi connectivity index (χ1) is 10.7. The summed E-state index contributed by atoms with van der Waals surface area (Å²) in [5, 5.41) is 9.54. The van der Waals surface area contributed by atoms with Gasteiger partial charge in [-0.2, -0.15) is 0 Å². The zero-order valence-electron chi connectivity index (χ0n) is 15.5. The first-order valence-corrected chi connectivity index (χ1v) is 10.1. The summed E-state index contributed by atoms with van der Waals surface area (Å²) in [5.41, 5.74) is 5.67. The fraction of sp³-hybridized carbons (Fsp3) is 1.00. The molecular formula is C20H43NO. The molecule has 0 bridgehead atoms. The van der Waals surface area contributed by atoms with Crippen LogP contribution >= 0.6 is 0 Å². The Morgan fingerprint density at radius 1 is 0.682 bits per heavy atom. The highest BCUT2D eigenvalue weighted by Crippen LogP contribution is 2.16. The van der Waals surface area contributed by atoms with E-state index in [4.69, 9.17) is 5.73 Å². The Labute approximate surface area is 140 Å². The molecular weight excluding hydrogens is 270 g/mol. The van der Waals surface area contributed by atoms with Crippen LogP contribution in [-0.4, -0.2) is 17.8 Å². The lowest BCUT2D eigenvalue weighted by Gasteiger charge is -2.17. The van der Waals surface area contributed by atoms with Crippen molar-refractivity contribution in [3.05, 3.63) is 0 Å². The van der Waals surface area contributed by atoms with Gasteiger partial charge in [0.05, 0.1) is 6.10 Å². The van der Waals surface area contributed by atoms with Crippen LogP contribution < -0.4 is 5.73 Å². The minimum atomic E-state index is -0.244. The molecule has 0 saturated heterocycles. The first-order valence-electron chi connectivity index (χ1n) is 10.1. The molecule has 0 aromatic heterocycles. The number of nitrogens with two attached hydrogens (primary N) is 1. The van der Waals surface area contributed by atoms with E-state index in [1.807, 2.05) is 6.92 Å². The fourth-order valence-electron chi connectivity index (χ4n) is 3.16. The molecule has 0 aliphatic rings. The summed E-state index contributed by atoms with van der Waals surface area (Å²) in [5.74, 6) is 0.303. The largest absolute Gasteiger partial charge is 0.393 e. The van der Waals surface area contributed by atoms with E-state index >= 15 is 0 Å². The van der Waals surface area contributed by atoms with Gasteiger partial charge in [-0.3, -0.25) is 0 Å². The van der Waals surface area contributed by atoms with Crippen LogP contribution in [0.1, 0.15) is 110 Å². The van der Waals surface area contributed by atoms with Gasteiger partial charge in [0.2, 0.25) is 0 Å². The van der Waals surface area contributed by atoms with Gasteiger partial charge < -0.3 is 10.8 Å². The molecule has 2 unspecified atom stereocenters. The normalized spacial score (nSPS) is 14.2. The number of unbranched alkanes of at least 4 members (excludes halogenated alkanes) is 13. The number of aliphatic hydroxyl groups is 1. The van der Waals surface area contributed by atoms with Crippen molar-refractivity contribution in [3.63, 3.8) is 0 Å². The SMILES string of the molecule is CCCCCCCCCCCCCCCCC(CN)C(C)O. The van der Waals surface area contributed by atoms with Gasteiger partial charge in [-0.05, 0) is 25.8 Å². The minimum absolute atomic E-state index is 0.244. The maximum Gasteiger partial charge on any atom is 0.0552 e. The van der Waals surface area contributed by atoms with Crippen molar-refractivity contribution < 1.29 is 5.11 Å². The first kappa shape index (κ1) is 21.9. The molecule has 0 rings (SSSR count). The van der Waals surface area contributed by atoms with E-state index in [0.29, 0.717) is 12.5 Å². The third-order valence-electron chi connectivity index (χ3n) is 4.91. The summed E-state index contributed by atoms with van der Waals surface area (Å²) < 4.78 is 0. The molecule has 0 saturated carbocycles. The zero-order valence-corrected chi connectivity index (χ0v) is 15.5. The van der Waals surface area contributed by atoms with Gasteiger partial charge >= 0.3 is 0 Å². The minimum Gasteiger partial charge on any atom is -0.393 e. The molecule has 0 heterocycles. The number of rotatable bonds is 17. The van der Waals surface area contributed by atoms with Gasteiger partial charge in [-0.1, -0.05) is 96.8 Å². The average molecular weight is 314 g/mol. The second-order valence-electron chi connectivity index (χ2n) is 7.12. The highest BCUT2D eigenvalue weighted by atomic mass is 16.3. The molecule has 0 aromatic rings. The average Bonchev–Trinajstić information content (AvgIpc) is 2.51. The Kier molecular flexibility index (Phi) is 17.2. The van der Waals surface area contributed by atoms with Crippen molar-refractivity contribution >= 4 is 0 Å². The maximum absolute atomic E-state index is 9.54. The molecule has 0 radical (unpaired) electrons. The van der Waals surface area contributed by atoms with E-state index < -0.39 is 0 Å². The summed E-state index contributed by atoms with van der Waals surface area (Å²) in [6.45, 7) is 4.77. The van der Waals surface area contributed by atoms with Crippen molar-refractivity contribution in [2.24, 2.45) is 11.7 Å². The molecule has 0 aliphatic carbocycles. The van der Waals surface area contributed by atoms with Crippen LogP contribution in [0.2, 0.25) is 0 Å². The predicted molar refractivity (Wildman–Crippen MR) is 99.2 cm³/mol. The van der Waals surface area contributed by atoms with Gasteiger partial charge in [0.1, 0.15) is 0 Å². The Morgan fingerprint density at radius 2 is 1.05 bits per heavy atom. The molecule has 2 nitrogen and oxygen atoms in total. The summed E-state index contributed by atoms with van der Waals surface area (Å²) in [6, 6.07) is 0. The molecule has 2 heteroatoms. The monoisotopic (exact) mass is 313 g/mol.